The van der Waals surface area contributed by atoms with Crippen molar-refractivity contribution in [2.75, 3.05) is 12.3 Å². The molecule has 0 bridgehead atoms. The number of nitrogens with one attached hydrogen (secondary N) is 1. The van der Waals surface area contributed by atoms with Crippen molar-refractivity contribution >= 4 is 15.7 Å². The van der Waals surface area contributed by atoms with Crippen LogP contribution in [0.25, 0.3) is 0 Å². The van der Waals surface area contributed by atoms with E-state index in [9.17, 15) is 21.6 Å². The molecule has 0 aliphatic heterocycles. The minimum Gasteiger partial charge on any atom is -0.398 e. The Morgan fingerprint density at radius 2 is 1.95 bits per heavy atom. The molecule has 0 aliphatic carbocycles. The van der Waals surface area contributed by atoms with E-state index in [1.165, 1.54) is 18.2 Å². The van der Waals surface area contributed by atoms with Crippen molar-refractivity contribution in [3.8, 4) is 6.07 Å². The predicted octanol–water partition coefficient (Wildman–Crippen LogP) is 2.15. The smallest absolute Gasteiger partial charge is 0.389 e. The molecule has 0 saturated carbocycles. The van der Waals surface area contributed by atoms with Crippen molar-refractivity contribution in [3.63, 3.8) is 0 Å². The quantitative estimate of drug-likeness (QED) is 0.620. The van der Waals surface area contributed by atoms with E-state index in [0.29, 0.717) is 0 Å². The van der Waals surface area contributed by atoms with E-state index >= 15 is 0 Å². The molecule has 0 aliphatic rings. The molecule has 0 spiro atoms. The summed E-state index contributed by atoms with van der Waals surface area (Å²) >= 11 is 0. The van der Waals surface area contributed by atoms with Crippen LogP contribution in [-0.2, 0) is 10.0 Å². The molecule has 116 valence electrons. The Morgan fingerprint density at radius 3 is 2.48 bits per heavy atom. The molecule has 1 aromatic carbocycles. The maximum Gasteiger partial charge on any atom is 0.389 e. The molecule has 0 radical (unpaired) electrons. The number of sulfonamides is 1. The van der Waals surface area contributed by atoms with E-state index < -0.39 is 22.6 Å². The third-order valence-corrected chi connectivity index (χ3v) is 4.14. The zero-order valence-corrected chi connectivity index (χ0v) is 11.8. The van der Waals surface area contributed by atoms with Gasteiger partial charge in [0, 0.05) is 13.0 Å². The largest absolute Gasteiger partial charge is 0.398 e. The van der Waals surface area contributed by atoms with Crippen LogP contribution in [0.5, 0.6) is 0 Å². The van der Waals surface area contributed by atoms with Gasteiger partial charge in [0.2, 0.25) is 10.0 Å². The summed E-state index contributed by atoms with van der Waals surface area (Å²) in [6, 6.07) is 5.53. The minimum absolute atomic E-state index is 0.0644. The van der Waals surface area contributed by atoms with Crippen molar-refractivity contribution in [3.05, 3.63) is 23.8 Å². The summed E-state index contributed by atoms with van der Waals surface area (Å²) < 4.78 is 61.8. The van der Waals surface area contributed by atoms with Gasteiger partial charge in [0.1, 0.15) is 4.90 Å². The number of alkyl halides is 3. The number of benzene rings is 1. The van der Waals surface area contributed by atoms with Crippen LogP contribution >= 0.6 is 0 Å². The van der Waals surface area contributed by atoms with Gasteiger partial charge in [-0.1, -0.05) is 0 Å². The van der Waals surface area contributed by atoms with Gasteiger partial charge >= 0.3 is 6.18 Å². The lowest BCUT2D eigenvalue weighted by molar-refractivity contribution is -0.135. The zero-order valence-electron chi connectivity index (χ0n) is 10.9. The molecule has 0 amide bonds. The van der Waals surface area contributed by atoms with Crippen molar-refractivity contribution < 1.29 is 21.6 Å². The van der Waals surface area contributed by atoms with Crippen LogP contribution in [0.1, 0.15) is 24.8 Å². The molecule has 0 saturated heterocycles. The van der Waals surface area contributed by atoms with E-state index in [1.807, 2.05) is 6.07 Å². The monoisotopic (exact) mass is 321 g/mol. The normalized spacial score (nSPS) is 12.1. The number of nitrogens with zero attached hydrogens (tertiary/aromatic N) is 1. The second kappa shape index (κ2) is 6.78. The highest BCUT2D eigenvalue weighted by molar-refractivity contribution is 7.89. The predicted molar refractivity (Wildman–Crippen MR) is 70.7 cm³/mol. The number of halogens is 3. The molecule has 9 heteroatoms. The van der Waals surface area contributed by atoms with Crippen LogP contribution < -0.4 is 10.5 Å². The number of nitrogen functional groups attached to an aromatic ring is 1. The molecule has 0 aromatic heterocycles. The Balaban J connectivity index is 2.61. The number of hydrogen-bond acceptors (Lipinski definition) is 4. The van der Waals surface area contributed by atoms with Gasteiger partial charge in [-0.2, -0.15) is 18.4 Å². The van der Waals surface area contributed by atoms with E-state index in [-0.39, 0.29) is 35.5 Å². The third-order valence-electron chi connectivity index (χ3n) is 2.61. The summed E-state index contributed by atoms with van der Waals surface area (Å²) in [6.45, 7) is -0.113. The van der Waals surface area contributed by atoms with Gasteiger partial charge in [-0.15, -0.1) is 0 Å². The highest BCUT2D eigenvalue weighted by atomic mass is 32.2. The average molecular weight is 321 g/mol. The third kappa shape index (κ3) is 5.61. The maximum atomic E-state index is 11.9. The fraction of sp³-hybridized carbons (Fsp3) is 0.417. The molecule has 5 nitrogen and oxygen atoms in total. The molecule has 1 aromatic rings. The van der Waals surface area contributed by atoms with Crippen molar-refractivity contribution in [2.24, 2.45) is 0 Å². The Hall–Kier alpha value is -1.79. The van der Waals surface area contributed by atoms with Gasteiger partial charge in [0.25, 0.3) is 0 Å². The van der Waals surface area contributed by atoms with Gasteiger partial charge in [0.15, 0.2) is 0 Å². The lowest BCUT2D eigenvalue weighted by atomic mass is 10.2. The van der Waals surface area contributed by atoms with Crippen molar-refractivity contribution in [2.45, 2.75) is 30.3 Å². The fourth-order valence-corrected chi connectivity index (χ4v) is 2.78. The highest BCUT2D eigenvalue weighted by Crippen LogP contribution is 2.22. The number of nitrogens with two attached hydrogens (primary N) is 1. The molecular formula is C12H14F3N3O2S. The van der Waals surface area contributed by atoms with Crippen LogP contribution in [0.3, 0.4) is 0 Å². The Morgan fingerprint density at radius 1 is 1.29 bits per heavy atom. The number of anilines is 1. The molecule has 21 heavy (non-hydrogen) atoms. The Labute approximate surface area is 120 Å². The van der Waals surface area contributed by atoms with Crippen molar-refractivity contribution in [1.82, 2.24) is 4.72 Å². The maximum absolute atomic E-state index is 11.9. The molecule has 3 N–H and O–H groups in total. The standard InChI is InChI=1S/C12H14F3N3O2S/c13-12(14,15)5-1-2-6-18-21(19,20)11-4-3-9(8-16)7-10(11)17/h3-4,7,18H,1-2,5-6,17H2. The molecule has 0 heterocycles. The fourth-order valence-electron chi connectivity index (χ4n) is 1.60. The van der Waals surface area contributed by atoms with Crippen LogP contribution in [0.4, 0.5) is 18.9 Å². The Bertz CT molecular complexity index is 636. The molecule has 1 rings (SSSR count). The minimum atomic E-state index is -4.24. The van der Waals surface area contributed by atoms with Gasteiger partial charge in [-0.3, -0.25) is 0 Å². The number of unbranched alkanes of at least 4 members (excludes halogenated alkanes) is 1. The number of hydrogen-bond donors (Lipinski definition) is 2. The lowest BCUT2D eigenvalue weighted by Crippen LogP contribution is -2.26. The Kier molecular flexibility index (Phi) is 5.57. The van der Waals surface area contributed by atoms with E-state index in [2.05, 4.69) is 4.72 Å². The van der Waals surface area contributed by atoms with Crippen LogP contribution in [0.15, 0.2) is 23.1 Å². The highest BCUT2D eigenvalue weighted by Gasteiger charge is 2.26. The zero-order chi connectivity index (χ0) is 16.1. The van der Waals surface area contributed by atoms with Gasteiger partial charge in [-0.05, 0) is 31.0 Å². The van der Waals surface area contributed by atoms with Crippen LogP contribution in [0.2, 0.25) is 0 Å². The molecule has 0 unspecified atom stereocenters. The second-order valence-corrected chi connectivity index (χ2v) is 6.07. The summed E-state index contributed by atoms with van der Waals surface area (Å²) in [5.74, 6) is 0. The summed E-state index contributed by atoms with van der Waals surface area (Å²) in [6.07, 6.45) is -5.28. The number of rotatable bonds is 6. The SMILES string of the molecule is N#Cc1ccc(S(=O)(=O)NCCCCC(F)(F)F)c(N)c1. The van der Waals surface area contributed by atoms with Crippen LogP contribution in [0, 0.1) is 11.3 Å². The average Bonchev–Trinajstić information content (AvgIpc) is 2.36. The lowest BCUT2D eigenvalue weighted by Gasteiger charge is -2.10. The van der Waals surface area contributed by atoms with Gasteiger partial charge < -0.3 is 5.73 Å². The van der Waals surface area contributed by atoms with Gasteiger partial charge in [-0.25, -0.2) is 13.1 Å². The van der Waals surface area contributed by atoms with Crippen molar-refractivity contribution in [1.29, 1.82) is 5.26 Å². The summed E-state index contributed by atoms with van der Waals surface area (Å²) in [5.41, 5.74) is 5.68. The number of nitriles is 1. The molecule has 0 fully saturated rings. The van der Waals surface area contributed by atoms with Gasteiger partial charge in [0.05, 0.1) is 17.3 Å². The van der Waals surface area contributed by atoms with E-state index in [4.69, 9.17) is 11.0 Å². The summed E-state index contributed by atoms with van der Waals surface area (Å²) in [5, 5.41) is 8.66. The summed E-state index contributed by atoms with van der Waals surface area (Å²) in [7, 11) is -3.90. The summed E-state index contributed by atoms with van der Waals surface area (Å²) in [4.78, 5) is -0.197. The first kappa shape index (κ1) is 17.3. The first-order chi connectivity index (χ1) is 9.65. The molecular weight excluding hydrogens is 307 g/mol. The van der Waals surface area contributed by atoms with Crippen LogP contribution in [-0.4, -0.2) is 21.1 Å². The second-order valence-electron chi connectivity index (χ2n) is 4.33. The van der Waals surface area contributed by atoms with E-state index in [1.54, 1.807) is 0 Å². The first-order valence-electron chi connectivity index (χ1n) is 6.02. The topological polar surface area (TPSA) is 96.0 Å². The van der Waals surface area contributed by atoms with E-state index in [0.717, 1.165) is 0 Å². The molecule has 0 atom stereocenters. The first-order valence-corrected chi connectivity index (χ1v) is 7.50.